The highest BCUT2D eigenvalue weighted by molar-refractivity contribution is 5.94. The number of nitrogens with zero attached hydrogens (tertiary/aromatic N) is 1. The van der Waals surface area contributed by atoms with Crippen molar-refractivity contribution in [3.05, 3.63) is 65.5 Å². The van der Waals surface area contributed by atoms with Crippen molar-refractivity contribution in [3.8, 4) is 0 Å². The Hall–Kier alpha value is -2.36. The summed E-state index contributed by atoms with van der Waals surface area (Å²) in [5.74, 6) is -0.117. The molecule has 1 aliphatic rings. The molecule has 0 saturated carbocycles. The summed E-state index contributed by atoms with van der Waals surface area (Å²) < 4.78 is 13.5. The molecule has 0 unspecified atom stereocenters. The standard InChI is InChI=1S/C18H19FN2O/c19-17-6-2-1-5-15(17)13-20-16-9-7-14(8-10-16)18(22)21-11-3-4-12-21/h1-2,5-10,20H,3-4,11-13H2. The molecular formula is C18H19FN2O. The Bertz CT molecular complexity index is 648. The lowest BCUT2D eigenvalue weighted by atomic mass is 10.1. The number of likely N-dealkylation sites (tertiary alicyclic amines) is 1. The van der Waals surface area contributed by atoms with E-state index in [1.165, 1.54) is 6.07 Å². The highest BCUT2D eigenvalue weighted by Gasteiger charge is 2.19. The average Bonchev–Trinajstić information content (AvgIpc) is 3.08. The van der Waals surface area contributed by atoms with E-state index < -0.39 is 0 Å². The Balaban J connectivity index is 1.62. The molecule has 2 aromatic carbocycles. The third-order valence-electron chi connectivity index (χ3n) is 3.97. The second kappa shape index (κ2) is 6.60. The molecule has 0 bridgehead atoms. The molecular weight excluding hydrogens is 279 g/mol. The lowest BCUT2D eigenvalue weighted by molar-refractivity contribution is 0.0793. The smallest absolute Gasteiger partial charge is 0.253 e. The van der Waals surface area contributed by atoms with Crippen molar-refractivity contribution in [2.24, 2.45) is 0 Å². The minimum Gasteiger partial charge on any atom is -0.381 e. The van der Waals surface area contributed by atoms with E-state index in [0.717, 1.165) is 31.6 Å². The van der Waals surface area contributed by atoms with Gasteiger partial charge >= 0.3 is 0 Å². The molecule has 3 rings (SSSR count). The van der Waals surface area contributed by atoms with Crippen molar-refractivity contribution < 1.29 is 9.18 Å². The Morgan fingerprint density at radius 3 is 2.41 bits per heavy atom. The van der Waals surface area contributed by atoms with Gasteiger partial charge in [-0.25, -0.2) is 4.39 Å². The number of carbonyl (C=O) groups is 1. The first-order chi connectivity index (χ1) is 10.7. The molecule has 0 aliphatic carbocycles. The largest absolute Gasteiger partial charge is 0.381 e. The third kappa shape index (κ3) is 3.27. The first-order valence-corrected chi connectivity index (χ1v) is 7.60. The van der Waals surface area contributed by atoms with Gasteiger partial charge in [-0.1, -0.05) is 18.2 Å². The van der Waals surface area contributed by atoms with Gasteiger partial charge in [-0.2, -0.15) is 0 Å². The van der Waals surface area contributed by atoms with Gasteiger partial charge in [-0.3, -0.25) is 4.79 Å². The monoisotopic (exact) mass is 298 g/mol. The fraction of sp³-hybridized carbons (Fsp3) is 0.278. The van der Waals surface area contributed by atoms with Crippen LogP contribution in [0.3, 0.4) is 0 Å². The number of hydrogen-bond acceptors (Lipinski definition) is 2. The number of hydrogen-bond donors (Lipinski definition) is 1. The molecule has 114 valence electrons. The number of carbonyl (C=O) groups excluding carboxylic acids is 1. The Kier molecular flexibility index (Phi) is 4.37. The van der Waals surface area contributed by atoms with Crippen LogP contribution in [-0.4, -0.2) is 23.9 Å². The number of amides is 1. The van der Waals surface area contributed by atoms with Gasteiger partial charge in [0.25, 0.3) is 5.91 Å². The molecule has 3 nitrogen and oxygen atoms in total. The van der Waals surface area contributed by atoms with Crippen LogP contribution in [0.4, 0.5) is 10.1 Å². The quantitative estimate of drug-likeness (QED) is 0.934. The molecule has 2 aromatic rings. The maximum atomic E-state index is 13.5. The normalized spacial score (nSPS) is 14.1. The van der Waals surface area contributed by atoms with Gasteiger partial charge in [0.1, 0.15) is 5.82 Å². The maximum Gasteiger partial charge on any atom is 0.253 e. The topological polar surface area (TPSA) is 32.3 Å². The maximum absolute atomic E-state index is 13.5. The minimum absolute atomic E-state index is 0.0955. The lowest BCUT2D eigenvalue weighted by Gasteiger charge is -2.15. The summed E-state index contributed by atoms with van der Waals surface area (Å²) >= 11 is 0. The minimum atomic E-state index is -0.212. The SMILES string of the molecule is O=C(c1ccc(NCc2ccccc2F)cc1)N1CCCC1. The Morgan fingerprint density at radius 2 is 1.73 bits per heavy atom. The van der Waals surface area contributed by atoms with E-state index in [2.05, 4.69) is 5.32 Å². The first-order valence-electron chi connectivity index (χ1n) is 7.60. The van der Waals surface area contributed by atoms with Gasteiger partial charge in [0.15, 0.2) is 0 Å². The first kappa shape index (κ1) is 14.6. The molecule has 22 heavy (non-hydrogen) atoms. The predicted octanol–water partition coefficient (Wildman–Crippen LogP) is 3.67. The van der Waals surface area contributed by atoms with Gasteiger partial charge < -0.3 is 10.2 Å². The summed E-state index contributed by atoms with van der Waals surface area (Å²) in [6.07, 6.45) is 2.18. The molecule has 0 atom stereocenters. The van der Waals surface area contributed by atoms with Crippen molar-refractivity contribution in [2.45, 2.75) is 19.4 Å². The fourth-order valence-electron chi connectivity index (χ4n) is 2.67. The second-order valence-corrected chi connectivity index (χ2v) is 5.52. The number of halogens is 1. The second-order valence-electron chi connectivity index (χ2n) is 5.52. The Labute approximate surface area is 129 Å². The van der Waals surface area contributed by atoms with Crippen LogP contribution in [-0.2, 0) is 6.54 Å². The molecule has 1 aliphatic heterocycles. The number of benzene rings is 2. The van der Waals surface area contributed by atoms with E-state index in [4.69, 9.17) is 0 Å². The van der Waals surface area contributed by atoms with E-state index in [9.17, 15) is 9.18 Å². The molecule has 0 aromatic heterocycles. The Morgan fingerprint density at radius 1 is 1.05 bits per heavy atom. The van der Waals surface area contributed by atoms with E-state index in [1.54, 1.807) is 12.1 Å². The average molecular weight is 298 g/mol. The van der Waals surface area contributed by atoms with Gasteiger partial charge in [0, 0.05) is 36.4 Å². The molecule has 0 spiro atoms. The zero-order valence-electron chi connectivity index (χ0n) is 12.4. The molecule has 1 saturated heterocycles. The van der Waals surface area contributed by atoms with Crippen LogP contribution < -0.4 is 5.32 Å². The summed E-state index contributed by atoms with van der Waals surface area (Å²) in [5, 5.41) is 3.17. The summed E-state index contributed by atoms with van der Waals surface area (Å²) in [6.45, 7) is 2.13. The van der Waals surface area contributed by atoms with E-state index >= 15 is 0 Å². The van der Waals surface area contributed by atoms with Crippen molar-refractivity contribution in [2.75, 3.05) is 18.4 Å². The summed E-state index contributed by atoms with van der Waals surface area (Å²) in [5.41, 5.74) is 2.21. The van der Waals surface area contributed by atoms with Crippen LogP contribution in [0.15, 0.2) is 48.5 Å². The van der Waals surface area contributed by atoms with Crippen LogP contribution in [0.2, 0.25) is 0 Å². The third-order valence-corrected chi connectivity index (χ3v) is 3.97. The zero-order chi connectivity index (χ0) is 15.4. The van der Waals surface area contributed by atoms with Gasteiger partial charge in [0.05, 0.1) is 0 Å². The summed E-state index contributed by atoms with van der Waals surface area (Å²) in [6, 6.07) is 14.1. The van der Waals surface area contributed by atoms with Gasteiger partial charge in [0.2, 0.25) is 0 Å². The summed E-state index contributed by atoms with van der Waals surface area (Å²) in [4.78, 5) is 14.1. The molecule has 4 heteroatoms. The van der Waals surface area contributed by atoms with Crippen molar-refractivity contribution in [1.82, 2.24) is 4.90 Å². The van der Waals surface area contributed by atoms with E-state index in [0.29, 0.717) is 17.7 Å². The van der Waals surface area contributed by atoms with Crippen LogP contribution in [0.1, 0.15) is 28.8 Å². The molecule has 1 N–H and O–H groups in total. The highest BCUT2D eigenvalue weighted by Crippen LogP contribution is 2.16. The molecule has 1 heterocycles. The summed E-state index contributed by atoms with van der Waals surface area (Å²) in [7, 11) is 0. The van der Waals surface area contributed by atoms with Crippen molar-refractivity contribution in [3.63, 3.8) is 0 Å². The lowest BCUT2D eigenvalue weighted by Crippen LogP contribution is -2.27. The van der Waals surface area contributed by atoms with E-state index in [1.807, 2.05) is 35.2 Å². The van der Waals surface area contributed by atoms with Crippen LogP contribution in [0.5, 0.6) is 0 Å². The zero-order valence-corrected chi connectivity index (χ0v) is 12.4. The van der Waals surface area contributed by atoms with Crippen molar-refractivity contribution >= 4 is 11.6 Å². The van der Waals surface area contributed by atoms with Crippen LogP contribution >= 0.6 is 0 Å². The van der Waals surface area contributed by atoms with Crippen LogP contribution in [0.25, 0.3) is 0 Å². The molecule has 1 amide bonds. The van der Waals surface area contributed by atoms with Crippen molar-refractivity contribution in [1.29, 1.82) is 0 Å². The predicted molar refractivity (Wildman–Crippen MR) is 85.3 cm³/mol. The van der Waals surface area contributed by atoms with Crippen LogP contribution in [0, 0.1) is 5.82 Å². The highest BCUT2D eigenvalue weighted by atomic mass is 19.1. The number of anilines is 1. The van der Waals surface area contributed by atoms with Gasteiger partial charge in [-0.05, 0) is 43.2 Å². The fourth-order valence-corrected chi connectivity index (χ4v) is 2.67. The number of rotatable bonds is 4. The van der Waals surface area contributed by atoms with Gasteiger partial charge in [-0.15, -0.1) is 0 Å². The molecule has 0 radical (unpaired) electrons. The van der Waals surface area contributed by atoms with E-state index in [-0.39, 0.29) is 11.7 Å². The number of nitrogens with one attached hydrogen (secondary N) is 1. The molecule has 1 fully saturated rings.